The topological polar surface area (TPSA) is 89.3 Å². The number of nitrogens with zero attached hydrogens (tertiary/aromatic N) is 1. The average Bonchev–Trinajstić information content (AvgIpc) is 2.61. The first-order chi connectivity index (χ1) is 12.1. The fourth-order valence-corrected chi connectivity index (χ4v) is 3.60. The molecule has 122 valence electrons. The van der Waals surface area contributed by atoms with Crippen molar-refractivity contribution in [1.29, 1.82) is 5.26 Å². The highest BCUT2D eigenvalue weighted by atomic mass is 79.9. The van der Waals surface area contributed by atoms with Crippen LogP contribution in [0, 0.1) is 11.3 Å². The third kappa shape index (κ3) is 2.32. The summed E-state index contributed by atoms with van der Waals surface area (Å²) in [6, 6.07) is 16.5. The number of hydrogen-bond acceptors (Lipinski definition) is 5. The SMILES string of the molecule is N#CC1=C(N)Oc2c(c(=O)oc3ccccc23)[C@H]1c1ccccc1Br. The summed E-state index contributed by atoms with van der Waals surface area (Å²) < 4.78 is 11.9. The van der Waals surface area contributed by atoms with E-state index in [1.54, 1.807) is 18.2 Å². The van der Waals surface area contributed by atoms with Crippen LogP contribution >= 0.6 is 15.9 Å². The largest absolute Gasteiger partial charge is 0.439 e. The van der Waals surface area contributed by atoms with Crippen LogP contribution in [0.1, 0.15) is 17.0 Å². The van der Waals surface area contributed by atoms with Crippen LogP contribution in [-0.2, 0) is 0 Å². The lowest BCUT2D eigenvalue weighted by Crippen LogP contribution is -2.26. The van der Waals surface area contributed by atoms with E-state index >= 15 is 0 Å². The second-order valence-corrected chi connectivity index (χ2v) is 6.43. The normalized spacial score (nSPS) is 16.2. The molecule has 6 heteroatoms. The van der Waals surface area contributed by atoms with E-state index < -0.39 is 11.5 Å². The Bertz CT molecular complexity index is 1140. The van der Waals surface area contributed by atoms with E-state index in [1.165, 1.54) is 0 Å². The number of benzene rings is 2. The molecule has 25 heavy (non-hydrogen) atoms. The van der Waals surface area contributed by atoms with E-state index in [4.69, 9.17) is 14.9 Å². The van der Waals surface area contributed by atoms with Crippen molar-refractivity contribution in [2.24, 2.45) is 5.73 Å². The van der Waals surface area contributed by atoms with Crippen LogP contribution in [0.2, 0.25) is 0 Å². The summed E-state index contributed by atoms with van der Waals surface area (Å²) >= 11 is 3.49. The number of fused-ring (bicyclic) bond motifs is 3. The highest BCUT2D eigenvalue weighted by Gasteiger charge is 2.36. The number of rotatable bonds is 1. The van der Waals surface area contributed by atoms with Gasteiger partial charge in [0.2, 0.25) is 5.88 Å². The van der Waals surface area contributed by atoms with Crippen LogP contribution < -0.4 is 16.1 Å². The van der Waals surface area contributed by atoms with Gasteiger partial charge in [-0.15, -0.1) is 0 Å². The Labute approximate surface area is 151 Å². The molecule has 0 radical (unpaired) electrons. The Morgan fingerprint density at radius 2 is 1.84 bits per heavy atom. The summed E-state index contributed by atoms with van der Waals surface area (Å²) in [6.07, 6.45) is 0. The van der Waals surface area contributed by atoms with Gasteiger partial charge in [-0.05, 0) is 23.8 Å². The van der Waals surface area contributed by atoms with Gasteiger partial charge in [-0.3, -0.25) is 0 Å². The first-order valence-corrected chi connectivity index (χ1v) is 8.29. The van der Waals surface area contributed by atoms with Crippen molar-refractivity contribution in [2.75, 3.05) is 0 Å². The molecule has 2 heterocycles. The van der Waals surface area contributed by atoms with Crippen LogP contribution in [-0.4, -0.2) is 0 Å². The number of nitriles is 1. The molecule has 3 aromatic rings. The lowest BCUT2D eigenvalue weighted by molar-refractivity contribution is 0.388. The molecular weight excluding hydrogens is 384 g/mol. The summed E-state index contributed by atoms with van der Waals surface area (Å²) in [5.41, 5.74) is 7.07. The first kappa shape index (κ1) is 15.5. The van der Waals surface area contributed by atoms with E-state index in [2.05, 4.69) is 22.0 Å². The molecule has 0 saturated carbocycles. The van der Waals surface area contributed by atoms with Crippen LogP contribution in [0.15, 0.2) is 73.7 Å². The maximum Gasteiger partial charge on any atom is 0.344 e. The van der Waals surface area contributed by atoms with Crippen molar-refractivity contribution >= 4 is 26.9 Å². The molecule has 1 aliphatic heterocycles. The van der Waals surface area contributed by atoms with Gasteiger partial charge in [0.25, 0.3) is 0 Å². The molecule has 0 fully saturated rings. The highest BCUT2D eigenvalue weighted by Crippen LogP contribution is 2.44. The van der Waals surface area contributed by atoms with Gasteiger partial charge >= 0.3 is 5.63 Å². The summed E-state index contributed by atoms with van der Waals surface area (Å²) in [4.78, 5) is 12.7. The second-order valence-electron chi connectivity index (χ2n) is 5.57. The Kier molecular flexibility index (Phi) is 3.59. The van der Waals surface area contributed by atoms with E-state index in [1.807, 2.05) is 30.3 Å². The van der Waals surface area contributed by atoms with Gasteiger partial charge in [0.05, 0.1) is 16.9 Å². The van der Waals surface area contributed by atoms with Gasteiger partial charge in [-0.1, -0.05) is 46.3 Å². The highest BCUT2D eigenvalue weighted by molar-refractivity contribution is 9.10. The van der Waals surface area contributed by atoms with Crippen LogP contribution in [0.25, 0.3) is 11.0 Å². The zero-order chi connectivity index (χ0) is 17.6. The number of nitrogens with two attached hydrogens (primary N) is 1. The summed E-state index contributed by atoms with van der Waals surface area (Å²) in [7, 11) is 0. The predicted molar refractivity (Wildman–Crippen MR) is 95.9 cm³/mol. The van der Waals surface area contributed by atoms with Gasteiger partial charge in [-0.25, -0.2) is 4.79 Å². The molecule has 0 aliphatic carbocycles. The maximum absolute atomic E-state index is 12.7. The predicted octanol–water partition coefficient (Wildman–Crippen LogP) is 3.77. The lowest BCUT2D eigenvalue weighted by atomic mass is 9.84. The number of allylic oxidation sites excluding steroid dienone is 1. The van der Waals surface area contributed by atoms with Gasteiger partial charge in [0, 0.05) is 4.47 Å². The molecule has 0 bridgehead atoms. The minimum Gasteiger partial charge on any atom is -0.439 e. The molecule has 4 rings (SSSR count). The molecule has 5 nitrogen and oxygen atoms in total. The molecule has 0 saturated heterocycles. The smallest absolute Gasteiger partial charge is 0.344 e. The van der Waals surface area contributed by atoms with Gasteiger partial charge in [-0.2, -0.15) is 5.26 Å². The van der Waals surface area contributed by atoms with Crippen molar-refractivity contribution in [1.82, 2.24) is 0 Å². The van der Waals surface area contributed by atoms with Crippen molar-refractivity contribution in [3.8, 4) is 11.8 Å². The minimum atomic E-state index is -0.662. The molecule has 2 aromatic carbocycles. The molecule has 0 amide bonds. The molecule has 1 aliphatic rings. The Hall–Kier alpha value is -3.04. The Morgan fingerprint density at radius 1 is 1.12 bits per heavy atom. The lowest BCUT2D eigenvalue weighted by Gasteiger charge is -2.26. The molecule has 2 N–H and O–H groups in total. The number of ether oxygens (including phenoxy) is 1. The van der Waals surface area contributed by atoms with Gasteiger partial charge < -0.3 is 14.9 Å². The fraction of sp³-hybridized carbons (Fsp3) is 0.0526. The Morgan fingerprint density at radius 3 is 2.60 bits per heavy atom. The number of hydrogen-bond donors (Lipinski definition) is 1. The van der Waals surface area contributed by atoms with Crippen molar-refractivity contribution in [3.05, 3.63) is 86.0 Å². The van der Waals surface area contributed by atoms with E-state index in [0.717, 1.165) is 10.0 Å². The average molecular weight is 395 g/mol. The van der Waals surface area contributed by atoms with Crippen LogP contribution in [0.5, 0.6) is 5.75 Å². The third-order valence-electron chi connectivity index (χ3n) is 4.19. The zero-order valence-corrected chi connectivity index (χ0v) is 14.4. The van der Waals surface area contributed by atoms with E-state index in [9.17, 15) is 10.1 Å². The van der Waals surface area contributed by atoms with Crippen LogP contribution in [0.3, 0.4) is 0 Å². The summed E-state index contributed by atoms with van der Waals surface area (Å²) in [6.45, 7) is 0. The molecule has 0 unspecified atom stereocenters. The fourth-order valence-electron chi connectivity index (χ4n) is 3.09. The quantitative estimate of drug-likeness (QED) is 0.634. The van der Waals surface area contributed by atoms with E-state index in [-0.39, 0.29) is 17.0 Å². The third-order valence-corrected chi connectivity index (χ3v) is 4.91. The summed E-state index contributed by atoms with van der Waals surface area (Å²) in [5.74, 6) is -0.333. The summed E-state index contributed by atoms with van der Waals surface area (Å²) in [5, 5.41) is 10.2. The molecule has 1 aromatic heterocycles. The van der Waals surface area contributed by atoms with Crippen LogP contribution in [0.4, 0.5) is 0 Å². The minimum absolute atomic E-state index is 0.00786. The second kappa shape index (κ2) is 5.80. The molecular formula is C19H11BrN2O3. The van der Waals surface area contributed by atoms with Gasteiger partial charge in [0.15, 0.2) is 5.75 Å². The van der Waals surface area contributed by atoms with Crippen molar-refractivity contribution < 1.29 is 9.15 Å². The standard InChI is InChI=1S/C19H11BrN2O3/c20-13-7-3-1-5-10(13)15-12(9-21)18(22)25-17-11-6-2-4-8-14(11)24-19(23)16(15)17/h1-8,15H,22H2/t15-/m0/s1. The Balaban J connectivity index is 2.12. The first-order valence-electron chi connectivity index (χ1n) is 7.49. The van der Waals surface area contributed by atoms with E-state index in [0.29, 0.717) is 16.7 Å². The number of para-hydroxylation sites is 1. The number of halogens is 1. The van der Waals surface area contributed by atoms with Crippen molar-refractivity contribution in [2.45, 2.75) is 5.92 Å². The molecule has 1 atom stereocenters. The zero-order valence-electron chi connectivity index (χ0n) is 12.8. The maximum atomic E-state index is 12.7. The van der Waals surface area contributed by atoms with Crippen molar-refractivity contribution in [3.63, 3.8) is 0 Å². The monoisotopic (exact) mass is 394 g/mol. The van der Waals surface area contributed by atoms with Gasteiger partial charge in [0.1, 0.15) is 17.2 Å². The molecule has 0 spiro atoms.